The lowest BCUT2D eigenvalue weighted by molar-refractivity contribution is -0.385. The van der Waals surface area contributed by atoms with Gasteiger partial charge >= 0.3 is 0 Å². The Morgan fingerprint density at radius 1 is 0.865 bits per heavy atom. The number of hydrogen-bond donors (Lipinski definition) is 1. The second kappa shape index (κ2) is 8.87. The van der Waals surface area contributed by atoms with Crippen LogP contribution in [0.5, 0.6) is 11.5 Å². The number of methoxy groups -OCH3 is 1. The summed E-state index contributed by atoms with van der Waals surface area (Å²) < 4.78 is 5.21. The van der Waals surface area contributed by atoms with Crippen LogP contribution in [0.4, 0.5) is 22.7 Å². The normalized spacial score (nSPS) is 20.7. The van der Waals surface area contributed by atoms with E-state index in [1.165, 1.54) is 72.8 Å². The molecule has 37 heavy (non-hydrogen) atoms. The van der Waals surface area contributed by atoms with Gasteiger partial charge in [0.25, 0.3) is 17.3 Å². The number of rotatable bonds is 6. The number of nitrogens with zero attached hydrogens (tertiary/aromatic N) is 4. The Morgan fingerprint density at radius 3 is 1.97 bits per heavy atom. The van der Waals surface area contributed by atoms with Gasteiger partial charge in [-0.15, -0.1) is 0 Å². The number of hydroxylamine groups is 1. The number of amides is 2. The second-order valence-electron chi connectivity index (χ2n) is 8.31. The highest BCUT2D eigenvalue weighted by atomic mass is 16.7. The number of phenolic OH excluding ortho intramolecular Hbond substituents is 1. The van der Waals surface area contributed by atoms with Crippen LogP contribution in [0.3, 0.4) is 0 Å². The standard InChI is InChI=1S/C24H18N4O9/c1-36-19-12-13(2-11-18(19)29)21-20-22(37-26(21)15-5-9-17(10-6-15)28(34)35)24(31)25(23(20)30)14-3-7-16(8-4-14)27(32)33/h2-12,20-22,29H,1H3/t20-,21+,22+/m0/s1. The highest BCUT2D eigenvalue weighted by Gasteiger charge is 2.60. The molecule has 0 aliphatic carbocycles. The van der Waals surface area contributed by atoms with Gasteiger partial charge in [0.05, 0.1) is 34.4 Å². The monoisotopic (exact) mass is 506 g/mol. The summed E-state index contributed by atoms with van der Waals surface area (Å²) in [5, 5.41) is 33.5. The molecule has 2 amide bonds. The molecule has 0 bridgehead atoms. The van der Waals surface area contributed by atoms with Crippen molar-refractivity contribution in [2.24, 2.45) is 5.92 Å². The summed E-state index contributed by atoms with van der Waals surface area (Å²) in [7, 11) is 1.36. The predicted octanol–water partition coefficient (Wildman–Crippen LogP) is 3.27. The van der Waals surface area contributed by atoms with Gasteiger partial charge in [0, 0.05) is 24.3 Å². The summed E-state index contributed by atoms with van der Waals surface area (Å²) in [6.07, 6.45) is -1.23. The largest absolute Gasteiger partial charge is 0.504 e. The molecule has 0 saturated carbocycles. The number of carbonyl (C=O) groups is 2. The molecule has 3 atom stereocenters. The molecule has 3 aromatic carbocycles. The molecule has 3 aromatic rings. The van der Waals surface area contributed by atoms with E-state index < -0.39 is 39.7 Å². The van der Waals surface area contributed by atoms with Gasteiger partial charge < -0.3 is 9.84 Å². The third-order valence-corrected chi connectivity index (χ3v) is 6.29. The topological polar surface area (TPSA) is 166 Å². The van der Waals surface area contributed by atoms with Crippen LogP contribution in [0, 0.1) is 26.1 Å². The fraction of sp³-hybridized carbons (Fsp3) is 0.167. The van der Waals surface area contributed by atoms with E-state index in [1.807, 2.05) is 0 Å². The molecule has 2 heterocycles. The van der Waals surface area contributed by atoms with Gasteiger partial charge in [-0.25, -0.2) is 9.96 Å². The van der Waals surface area contributed by atoms with E-state index in [9.17, 15) is 34.9 Å². The smallest absolute Gasteiger partial charge is 0.269 e. The zero-order chi connectivity index (χ0) is 26.4. The molecule has 2 aliphatic rings. The van der Waals surface area contributed by atoms with E-state index in [-0.39, 0.29) is 28.6 Å². The molecule has 1 N–H and O–H groups in total. The molecular formula is C24H18N4O9. The summed E-state index contributed by atoms with van der Waals surface area (Å²) >= 11 is 0. The summed E-state index contributed by atoms with van der Waals surface area (Å²) in [4.78, 5) is 54.8. The zero-order valence-electron chi connectivity index (χ0n) is 19.1. The number of fused-ring (bicyclic) bond motifs is 1. The number of carbonyl (C=O) groups excluding carboxylic acids is 2. The minimum absolute atomic E-state index is 0.133. The van der Waals surface area contributed by atoms with Crippen molar-refractivity contribution in [1.82, 2.24) is 0 Å². The number of aromatic hydroxyl groups is 1. The van der Waals surface area contributed by atoms with Gasteiger partial charge in [-0.3, -0.25) is 34.7 Å². The van der Waals surface area contributed by atoms with Crippen molar-refractivity contribution in [2.45, 2.75) is 12.1 Å². The maximum atomic E-state index is 13.6. The van der Waals surface area contributed by atoms with Gasteiger partial charge in [-0.2, -0.15) is 0 Å². The average Bonchev–Trinajstić information content (AvgIpc) is 3.40. The number of non-ortho nitro benzene ring substituents is 2. The van der Waals surface area contributed by atoms with Gasteiger partial charge in [-0.05, 0) is 42.0 Å². The average molecular weight is 506 g/mol. The van der Waals surface area contributed by atoms with Gasteiger partial charge in [0.15, 0.2) is 17.6 Å². The predicted molar refractivity (Wildman–Crippen MR) is 127 cm³/mol. The molecule has 188 valence electrons. The summed E-state index contributed by atoms with van der Waals surface area (Å²) in [5.41, 5.74) is 0.648. The Morgan fingerprint density at radius 2 is 1.43 bits per heavy atom. The highest BCUT2D eigenvalue weighted by molar-refractivity contribution is 6.24. The van der Waals surface area contributed by atoms with Crippen molar-refractivity contribution in [1.29, 1.82) is 0 Å². The van der Waals surface area contributed by atoms with Gasteiger partial charge in [0.1, 0.15) is 5.92 Å². The van der Waals surface area contributed by atoms with Crippen LogP contribution in [-0.2, 0) is 14.4 Å². The van der Waals surface area contributed by atoms with E-state index in [4.69, 9.17) is 9.57 Å². The molecule has 0 radical (unpaired) electrons. The Labute approximate surface area is 208 Å². The van der Waals surface area contributed by atoms with Crippen LogP contribution in [0.15, 0.2) is 66.7 Å². The van der Waals surface area contributed by atoms with Crippen molar-refractivity contribution < 1.29 is 34.1 Å². The molecule has 0 spiro atoms. The molecule has 2 saturated heterocycles. The molecule has 13 nitrogen and oxygen atoms in total. The fourth-order valence-corrected chi connectivity index (χ4v) is 4.55. The van der Waals surface area contributed by atoms with Crippen LogP contribution in [0.25, 0.3) is 0 Å². The van der Waals surface area contributed by atoms with Crippen LogP contribution < -0.4 is 14.7 Å². The van der Waals surface area contributed by atoms with E-state index in [1.54, 1.807) is 6.07 Å². The molecule has 2 aliphatic heterocycles. The van der Waals surface area contributed by atoms with Crippen LogP contribution in [0.1, 0.15) is 11.6 Å². The first kappa shape index (κ1) is 23.7. The zero-order valence-corrected chi connectivity index (χ0v) is 19.1. The molecule has 13 heteroatoms. The summed E-state index contributed by atoms with van der Waals surface area (Å²) in [5.74, 6) is -2.29. The van der Waals surface area contributed by atoms with Crippen molar-refractivity contribution in [3.8, 4) is 11.5 Å². The van der Waals surface area contributed by atoms with Gasteiger partial charge in [0.2, 0.25) is 5.91 Å². The third-order valence-electron chi connectivity index (χ3n) is 6.29. The van der Waals surface area contributed by atoms with E-state index in [0.717, 1.165) is 4.90 Å². The lowest BCUT2D eigenvalue weighted by atomic mass is 9.90. The molecule has 0 aromatic heterocycles. The Hall–Kier alpha value is -5.04. The minimum atomic E-state index is -1.23. The number of ether oxygens (including phenoxy) is 1. The fourth-order valence-electron chi connectivity index (χ4n) is 4.55. The third kappa shape index (κ3) is 3.87. The first-order valence-corrected chi connectivity index (χ1v) is 10.9. The van der Waals surface area contributed by atoms with Crippen molar-refractivity contribution in [3.05, 3.63) is 92.5 Å². The summed E-state index contributed by atoms with van der Waals surface area (Å²) in [6.45, 7) is 0. The van der Waals surface area contributed by atoms with Crippen LogP contribution in [0.2, 0.25) is 0 Å². The summed E-state index contributed by atoms with van der Waals surface area (Å²) in [6, 6.07) is 14.0. The Bertz CT molecular complexity index is 1430. The molecule has 5 rings (SSSR count). The van der Waals surface area contributed by atoms with Crippen molar-refractivity contribution in [2.75, 3.05) is 17.1 Å². The first-order chi connectivity index (χ1) is 17.7. The number of imide groups is 1. The van der Waals surface area contributed by atoms with E-state index in [0.29, 0.717) is 11.3 Å². The Kier molecular flexibility index (Phi) is 5.68. The second-order valence-corrected chi connectivity index (χ2v) is 8.31. The Balaban J connectivity index is 1.57. The van der Waals surface area contributed by atoms with E-state index >= 15 is 0 Å². The van der Waals surface area contributed by atoms with Crippen LogP contribution >= 0.6 is 0 Å². The SMILES string of the molecule is COc1cc([C@@H]2[C@@H]3C(=O)N(c4ccc([N+](=O)[O-])cc4)C(=O)[C@@H]3ON2c2ccc([N+](=O)[O-])cc2)ccc1O. The number of hydrogen-bond acceptors (Lipinski definition) is 10. The number of nitro groups is 2. The van der Waals surface area contributed by atoms with E-state index in [2.05, 4.69) is 0 Å². The molecule has 2 fully saturated rings. The number of phenols is 1. The maximum absolute atomic E-state index is 13.6. The highest BCUT2D eigenvalue weighted by Crippen LogP contribution is 2.48. The number of benzene rings is 3. The quantitative estimate of drug-likeness (QED) is 0.298. The van der Waals surface area contributed by atoms with Crippen molar-refractivity contribution in [3.63, 3.8) is 0 Å². The van der Waals surface area contributed by atoms with Crippen molar-refractivity contribution >= 4 is 34.6 Å². The number of nitro benzene ring substituents is 2. The van der Waals surface area contributed by atoms with Crippen LogP contribution in [-0.4, -0.2) is 40.0 Å². The van der Waals surface area contributed by atoms with Gasteiger partial charge in [-0.1, -0.05) is 6.07 Å². The number of anilines is 2. The minimum Gasteiger partial charge on any atom is -0.504 e. The maximum Gasteiger partial charge on any atom is 0.269 e. The molecule has 0 unspecified atom stereocenters. The molecular weight excluding hydrogens is 488 g/mol. The first-order valence-electron chi connectivity index (χ1n) is 10.9. The lowest BCUT2D eigenvalue weighted by Crippen LogP contribution is -2.37. The lowest BCUT2D eigenvalue weighted by Gasteiger charge is -2.29.